The van der Waals surface area contributed by atoms with Crippen LogP contribution in [-0.2, 0) is 7.05 Å². The first kappa shape index (κ1) is 14.4. The van der Waals surface area contributed by atoms with E-state index in [1.165, 1.54) is 0 Å². The van der Waals surface area contributed by atoms with Crippen molar-refractivity contribution in [3.8, 4) is 0 Å². The molecule has 0 N–H and O–H groups in total. The summed E-state index contributed by atoms with van der Waals surface area (Å²) in [6, 6.07) is 22.6. The number of fused-ring (bicyclic) bond motifs is 1. The zero-order valence-electron chi connectivity index (χ0n) is 13.4. The average Bonchev–Trinajstić information content (AvgIpc) is 3.03. The minimum atomic E-state index is 0.878. The van der Waals surface area contributed by atoms with Crippen molar-refractivity contribution in [3.05, 3.63) is 96.4 Å². The van der Waals surface area contributed by atoms with Crippen molar-refractivity contribution in [3.63, 3.8) is 0 Å². The van der Waals surface area contributed by atoms with E-state index >= 15 is 0 Å². The minimum Gasteiger partial charge on any atom is -0.349 e. The predicted molar refractivity (Wildman–Crippen MR) is 98.9 cm³/mol. The first-order valence-electron chi connectivity index (χ1n) is 7.91. The molecule has 2 aromatic carbocycles. The van der Waals surface area contributed by atoms with E-state index in [-0.39, 0.29) is 0 Å². The van der Waals surface area contributed by atoms with Crippen molar-refractivity contribution >= 4 is 22.3 Å². The molecule has 0 fully saturated rings. The molecule has 0 amide bonds. The van der Waals surface area contributed by atoms with Crippen LogP contribution in [0, 0.1) is 0 Å². The zero-order valence-corrected chi connectivity index (χ0v) is 13.4. The molecule has 116 valence electrons. The number of nitrogens with zero attached hydrogens (tertiary/aromatic N) is 3. The lowest BCUT2D eigenvalue weighted by Gasteiger charge is -2.09. The summed E-state index contributed by atoms with van der Waals surface area (Å²) >= 11 is 0. The van der Waals surface area contributed by atoms with Crippen molar-refractivity contribution in [1.82, 2.24) is 9.55 Å². The minimum absolute atomic E-state index is 0.878. The molecule has 0 spiro atoms. The monoisotopic (exact) mass is 311 g/mol. The number of hydrogen-bond donors (Lipinski definition) is 0. The quantitative estimate of drug-likeness (QED) is 0.502. The normalized spacial score (nSPS) is 10.7. The van der Waals surface area contributed by atoms with Crippen molar-refractivity contribution in [1.29, 1.82) is 0 Å². The van der Waals surface area contributed by atoms with Crippen molar-refractivity contribution < 1.29 is 0 Å². The second-order valence-electron chi connectivity index (χ2n) is 5.72. The summed E-state index contributed by atoms with van der Waals surface area (Å²) in [5.41, 5.74) is 5.11. The highest BCUT2D eigenvalue weighted by molar-refractivity contribution is 6.14. The Morgan fingerprint density at radius 2 is 1.46 bits per heavy atom. The van der Waals surface area contributed by atoms with Gasteiger partial charge >= 0.3 is 0 Å². The van der Waals surface area contributed by atoms with Gasteiger partial charge in [-0.25, -0.2) is 4.99 Å². The molecule has 0 aliphatic carbocycles. The van der Waals surface area contributed by atoms with E-state index < -0.39 is 0 Å². The van der Waals surface area contributed by atoms with Gasteiger partial charge in [0.1, 0.15) is 5.69 Å². The molecular weight excluding hydrogens is 294 g/mol. The van der Waals surface area contributed by atoms with Gasteiger partial charge in [0.15, 0.2) is 0 Å². The number of pyridine rings is 1. The maximum atomic E-state index is 4.99. The number of aryl methyl sites for hydroxylation is 1. The smallest absolute Gasteiger partial charge is 0.106 e. The predicted octanol–water partition coefficient (Wildman–Crippen LogP) is 4.74. The fourth-order valence-electron chi connectivity index (χ4n) is 2.92. The third kappa shape index (κ3) is 2.61. The van der Waals surface area contributed by atoms with Crippen molar-refractivity contribution in [2.45, 2.75) is 0 Å². The highest BCUT2D eigenvalue weighted by Gasteiger charge is 2.10. The van der Waals surface area contributed by atoms with Crippen LogP contribution in [-0.4, -0.2) is 15.3 Å². The maximum Gasteiger partial charge on any atom is 0.106 e. The number of aliphatic imine (C=N–C) groups is 1. The van der Waals surface area contributed by atoms with Crippen LogP contribution in [0.25, 0.3) is 10.9 Å². The molecule has 0 aliphatic heterocycles. The maximum absolute atomic E-state index is 4.99. The zero-order chi connectivity index (χ0) is 16.4. The summed E-state index contributed by atoms with van der Waals surface area (Å²) in [7, 11) is 2.03. The average molecular weight is 311 g/mol. The van der Waals surface area contributed by atoms with Gasteiger partial charge in [-0.05, 0) is 6.07 Å². The summed E-state index contributed by atoms with van der Waals surface area (Å²) in [4.78, 5) is 9.34. The molecule has 0 aliphatic rings. The molecule has 3 nitrogen and oxygen atoms in total. The second kappa shape index (κ2) is 6.13. The van der Waals surface area contributed by atoms with Crippen LogP contribution < -0.4 is 0 Å². The van der Waals surface area contributed by atoms with Crippen molar-refractivity contribution in [2.24, 2.45) is 12.0 Å². The lowest BCUT2D eigenvalue weighted by Crippen LogP contribution is -2.03. The Hall–Kier alpha value is -3.20. The van der Waals surface area contributed by atoms with Gasteiger partial charge in [-0.1, -0.05) is 60.7 Å². The Labute approximate surface area is 140 Å². The molecule has 0 saturated carbocycles. The van der Waals surface area contributed by atoms with E-state index in [0.717, 1.165) is 33.4 Å². The van der Waals surface area contributed by atoms with E-state index in [9.17, 15) is 0 Å². The first-order valence-corrected chi connectivity index (χ1v) is 7.91. The third-order valence-corrected chi connectivity index (χ3v) is 4.08. The molecular formula is C21H17N3. The van der Waals surface area contributed by atoms with Crippen LogP contribution in [0.15, 0.2) is 90.3 Å². The highest BCUT2D eigenvalue weighted by Crippen LogP contribution is 2.27. The molecule has 4 rings (SSSR count). The van der Waals surface area contributed by atoms with E-state index in [1.807, 2.05) is 62.0 Å². The van der Waals surface area contributed by atoms with Gasteiger partial charge in [0.2, 0.25) is 0 Å². The molecule has 0 atom stereocenters. The standard InChI is InChI=1S/C21H17N3/c1-24-13-12-18-14-22-15-19(21(18)24)23-20(16-8-4-2-5-9-16)17-10-6-3-7-11-17/h2-15H,1H3. The van der Waals surface area contributed by atoms with Gasteiger partial charge in [0.25, 0.3) is 0 Å². The number of rotatable bonds is 3. The fraction of sp³-hybridized carbons (Fsp3) is 0.0476. The van der Waals surface area contributed by atoms with Crippen LogP contribution >= 0.6 is 0 Å². The van der Waals surface area contributed by atoms with Crippen LogP contribution in [0.4, 0.5) is 5.69 Å². The Morgan fingerprint density at radius 1 is 0.833 bits per heavy atom. The number of benzene rings is 2. The van der Waals surface area contributed by atoms with Crippen LogP contribution in [0.3, 0.4) is 0 Å². The molecule has 24 heavy (non-hydrogen) atoms. The lowest BCUT2D eigenvalue weighted by atomic mass is 10.0. The van der Waals surface area contributed by atoms with Crippen LogP contribution in [0.5, 0.6) is 0 Å². The van der Waals surface area contributed by atoms with Gasteiger partial charge in [0, 0.05) is 36.0 Å². The van der Waals surface area contributed by atoms with E-state index in [1.54, 1.807) is 0 Å². The highest BCUT2D eigenvalue weighted by atomic mass is 15.0. The topological polar surface area (TPSA) is 30.2 Å². The summed E-state index contributed by atoms with van der Waals surface area (Å²) < 4.78 is 2.09. The third-order valence-electron chi connectivity index (χ3n) is 4.08. The summed E-state index contributed by atoms with van der Waals surface area (Å²) in [5.74, 6) is 0. The van der Waals surface area contributed by atoms with E-state index in [4.69, 9.17) is 4.99 Å². The number of aromatic nitrogens is 2. The summed E-state index contributed by atoms with van der Waals surface area (Å²) in [5, 5.41) is 1.10. The Morgan fingerprint density at radius 3 is 2.08 bits per heavy atom. The molecule has 3 heteroatoms. The largest absolute Gasteiger partial charge is 0.349 e. The molecule has 0 radical (unpaired) electrons. The first-order chi connectivity index (χ1) is 11.8. The molecule has 0 bridgehead atoms. The van der Waals surface area contributed by atoms with Gasteiger partial charge < -0.3 is 4.57 Å². The SMILES string of the molecule is Cn1ccc2cncc(N=C(c3ccccc3)c3ccccc3)c21. The van der Waals surface area contributed by atoms with Crippen LogP contribution in [0.1, 0.15) is 11.1 Å². The number of hydrogen-bond acceptors (Lipinski definition) is 2. The summed E-state index contributed by atoms with van der Waals surface area (Å²) in [6.07, 6.45) is 5.74. The molecule has 0 unspecified atom stereocenters. The van der Waals surface area contributed by atoms with Gasteiger partial charge in [-0.3, -0.25) is 4.98 Å². The summed E-state index contributed by atoms with van der Waals surface area (Å²) in [6.45, 7) is 0. The molecule has 2 aromatic heterocycles. The fourth-order valence-corrected chi connectivity index (χ4v) is 2.92. The van der Waals surface area contributed by atoms with Crippen LogP contribution in [0.2, 0.25) is 0 Å². The molecule has 2 heterocycles. The Balaban J connectivity index is 1.96. The van der Waals surface area contributed by atoms with Gasteiger partial charge in [-0.15, -0.1) is 0 Å². The lowest BCUT2D eigenvalue weighted by molar-refractivity contribution is 0.968. The van der Waals surface area contributed by atoms with Gasteiger partial charge in [-0.2, -0.15) is 0 Å². The van der Waals surface area contributed by atoms with Gasteiger partial charge in [0.05, 0.1) is 17.4 Å². The molecule has 0 saturated heterocycles. The van der Waals surface area contributed by atoms with E-state index in [0.29, 0.717) is 0 Å². The van der Waals surface area contributed by atoms with Crippen molar-refractivity contribution in [2.75, 3.05) is 0 Å². The Kier molecular flexibility index (Phi) is 3.67. The van der Waals surface area contributed by atoms with E-state index in [2.05, 4.69) is 39.9 Å². The second-order valence-corrected chi connectivity index (χ2v) is 5.72. The Bertz CT molecular complexity index is 958. The molecule has 4 aromatic rings.